The van der Waals surface area contributed by atoms with Gasteiger partial charge in [0.25, 0.3) is 0 Å². The molecule has 0 amide bonds. The highest BCUT2D eigenvalue weighted by molar-refractivity contribution is 6.48. The molecular formula is C25H36BNO5. The number of carbonyl (C=O) groups is 2. The average Bonchev–Trinajstić information content (AvgIpc) is 3.40. The molecule has 0 spiro atoms. The highest BCUT2D eigenvalue weighted by atomic mass is 16.6. The summed E-state index contributed by atoms with van der Waals surface area (Å²) in [5, 5.41) is 10.6. The molecule has 1 aromatic rings. The number of hydrogen-bond donors (Lipinski definition) is 1. The van der Waals surface area contributed by atoms with Crippen molar-refractivity contribution in [2.45, 2.75) is 65.1 Å². The van der Waals surface area contributed by atoms with E-state index < -0.39 is 24.7 Å². The van der Waals surface area contributed by atoms with E-state index in [-0.39, 0.29) is 29.4 Å². The minimum Gasteiger partial charge on any atom is -0.504 e. The lowest BCUT2D eigenvalue weighted by molar-refractivity contribution is -0.904. The summed E-state index contributed by atoms with van der Waals surface area (Å²) < 4.78 is 11.2. The molecule has 4 aliphatic rings. The molecule has 1 saturated heterocycles. The number of ether oxygens (including phenoxy) is 1. The number of nitrogens with zero attached hydrogens (tertiary/aromatic N) is 1. The third kappa shape index (κ3) is 3.93. The van der Waals surface area contributed by atoms with E-state index in [2.05, 4.69) is 27.8 Å². The fraction of sp³-hybridized carbons (Fsp3) is 0.640. The van der Waals surface area contributed by atoms with Gasteiger partial charge in [-0.25, -0.2) is 4.79 Å². The molecule has 1 unspecified atom stereocenters. The predicted molar refractivity (Wildman–Crippen MR) is 122 cm³/mol. The van der Waals surface area contributed by atoms with Crippen LogP contribution in [0.5, 0.6) is 0 Å². The molecule has 3 aliphatic carbocycles. The van der Waals surface area contributed by atoms with E-state index in [0.29, 0.717) is 23.2 Å². The molecule has 1 N–H and O–H groups in total. The Morgan fingerprint density at radius 1 is 1.22 bits per heavy atom. The molecule has 1 aromatic carbocycles. The number of quaternary nitrogens is 1. The van der Waals surface area contributed by atoms with Gasteiger partial charge in [-0.05, 0) is 36.2 Å². The zero-order valence-electron chi connectivity index (χ0n) is 19.9. The lowest BCUT2D eigenvalue weighted by Crippen LogP contribution is -2.67. The molecule has 32 heavy (non-hydrogen) atoms. The third-order valence-electron chi connectivity index (χ3n) is 8.71. The number of carbonyl (C=O) groups excluding carboxylic acids is 2. The second-order valence-electron chi connectivity index (χ2n) is 11.2. The minimum atomic E-state index is -1.37. The Morgan fingerprint density at radius 3 is 2.44 bits per heavy atom. The van der Waals surface area contributed by atoms with Gasteiger partial charge in [0, 0.05) is 19.3 Å². The van der Waals surface area contributed by atoms with Gasteiger partial charge < -0.3 is 18.9 Å². The summed E-state index contributed by atoms with van der Waals surface area (Å²) in [6, 6.07) is 9.09. The summed E-state index contributed by atoms with van der Waals surface area (Å²) in [7, 11) is 3.01. The number of hydrogen-bond acceptors (Lipinski definition) is 5. The zero-order valence-corrected chi connectivity index (χ0v) is 19.9. The molecule has 7 atom stereocenters. The van der Waals surface area contributed by atoms with E-state index in [1.54, 1.807) is 6.92 Å². The van der Waals surface area contributed by atoms with Crippen LogP contribution in [0.4, 0.5) is 0 Å². The van der Waals surface area contributed by atoms with Gasteiger partial charge in [0.1, 0.15) is 18.1 Å². The molecule has 1 aliphatic heterocycles. The van der Waals surface area contributed by atoms with Gasteiger partial charge in [0.2, 0.25) is 0 Å². The van der Waals surface area contributed by atoms with E-state index >= 15 is 0 Å². The first-order chi connectivity index (χ1) is 14.9. The van der Waals surface area contributed by atoms with Gasteiger partial charge in [-0.3, -0.25) is 4.79 Å². The van der Waals surface area contributed by atoms with Gasteiger partial charge in [-0.1, -0.05) is 51.1 Å². The van der Waals surface area contributed by atoms with Crippen LogP contribution in [0.1, 0.15) is 53.0 Å². The van der Waals surface area contributed by atoms with Gasteiger partial charge in [-0.2, -0.15) is 0 Å². The maximum atomic E-state index is 12.9. The van der Waals surface area contributed by atoms with Gasteiger partial charge in [-0.15, -0.1) is 7.05 Å². The van der Waals surface area contributed by atoms with E-state index in [9.17, 15) is 14.6 Å². The molecule has 3 saturated carbocycles. The van der Waals surface area contributed by atoms with Crippen LogP contribution in [0.2, 0.25) is 0 Å². The van der Waals surface area contributed by atoms with Crippen LogP contribution in [0.15, 0.2) is 30.3 Å². The van der Waals surface area contributed by atoms with Gasteiger partial charge >= 0.3 is 13.1 Å². The second kappa shape index (κ2) is 7.96. The summed E-state index contributed by atoms with van der Waals surface area (Å²) >= 11 is 0. The first-order valence-corrected chi connectivity index (χ1v) is 11.7. The number of ketones is 1. The SMILES string of the molecule is [CH2-][N+](CC(C)=O)(CC(=O)OB(O)[C@@H]1O[C@@]1(C)c1ccccc1)[C@@H]1C[C@@H]2C[C@H]([C@H]1C)C2(C)C. The van der Waals surface area contributed by atoms with Crippen LogP contribution in [0, 0.1) is 30.2 Å². The Morgan fingerprint density at radius 2 is 1.88 bits per heavy atom. The number of Topliss-reactive ketones (excluding diaryl/α,β-unsaturated/α-hetero) is 1. The third-order valence-corrected chi connectivity index (χ3v) is 8.71. The van der Waals surface area contributed by atoms with Crippen molar-refractivity contribution in [3.63, 3.8) is 0 Å². The number of rotatable bonds is 8. The van der Waals surface area contributed by atoms with Gasteiger partial charge in [0.05, 0.1) is 6.04 Å². The minimum absolute atomic E-state index is 0.00114. The molecule has 6 nitrogen and oxygen atoms in total. The standard InChI is InChI=1S/C25H36BNO5/c1-16(28)14-27(6,21-13-19-12-20(17(21)2)24(19,3)4)15-22(29)32-26(30)23-25(5,31-23)18-10-8-7-9-11-18/h7-11,17,19-21,23,30H,6,12-15H2,1-5H3/t17-,19+,20-,21-,23-,25+,27?/m1/s1. The van der Waals surface area contributed by atoms with Crippen LogP contribution >= 0.6 is 0 Å². The maximum absolute atomic E-state index is 12.9. The largest absolute Gasteiger partial charge is 0.559 e. The van der Waals surface area contributed by atoms with Crippen molar-refractivity contribution in [3.8, 4) is 0 Å². The Hall–Kier alpha value is -1.70. The van der Waals surface area contributed by atoms with Crippen molar-refractivity contribution in [1.29, 1.82) is 0 Å². The average molecular weight is 441 g/mol. The summed E-state index contributed by atoms with van der Waals surface area (Å²) in [6.07, 6.45) is 2.17. The Labute approximate surface area is 192 Å². The van der Waals surface area contributed by atoms with E-state index in [1.165, 1.54) is 6.42 Å². The molecule has 174 valence electrons. The Bertz CT molecular complexity index is 892. The summed E-state index contributed by atoms with van der Waals surface area (Å²) in [5.74, 6) is 0.975. The summed E-state index contributed by atoms with van der Waals surface area (Å²) in [5.41, 5.74) is 0.553. The van der Waals surface area contributed by atoms with Crippen molar-refractivity contribution in [2.24, 2.45) is 23.2 Å². The van der Waals surface area contributed by atoms with Crippen LogP contribution in [0.3, 0.4) is 0 Å². The molecule has 4 fully saturated rings. The number of benzene rings is 1. The van der Waals surface area contributed by atoms with Crippen LogP contribution in [-0.4, -0.2) is 53.5 Å². The Balaban J connectivity index is 1.42. The first-order valence-electron chi connectivity index (χ1n) is 11.7. The highest BCUT2D eigenvalue weighted by Crippen LogP contribution is 2.62. The first kappa shape index (κ1) is 23.5. The molecule has 5 rings (SSSR count). The smallest absolute Gasteiger partial charge is 0.504 e. The fourth-order valence-electron chi connectivity index (χ4n) is 6.63. The van der Waals surface area contributed by atoms with E-state index in [1.807, 2.05) is 37.3 Å². The van der Waals surface area contributed by atoms with Crippen molar-refractivity contribution < 1.29 is 28.5 Å². The van der Waals surface area contributed by atoms with Crippen molar-refractivity contribution in [2.75, 3.05) is 13.1 Å². The van der Waals surface area contributed by atoms with Crippen molar-refractivity contribution in [1.82, 2.24) is 0 Å². The normalized spacial score (nSPS) is 36.4. The quantitative estimate of drug-likeness (QED) is 0.290. The van der Waals surface area contributed by atoms with Crippen LogP contribution in [0.25, 0.3) is 0 Å². The fourth-order valence-corrected chi connectivity index (χ4v) is 6.63. The highest BCUT2D eigenvalue weighted by Gasteiger charge is 2.63. The topological polar surface area (TPSA) is 76.1 Å². The summed E-state index contributed by atoms with van der Waals surface area (Å²) in [6.45, 7) is 10.4. The molecule has 0 radical (unpaired) electrons. The second-order valence-corrected chi connectivity index (χ2v) is 11.2. The molecule has 2 bridgehead atoms. The monoisotopic (exact) mass is 441 g/mol. The predicted octanol–water partition coefficient (Wildman–Crippen LogP) is 3.13. The van der Waals surface area contributed by atoms with Crippen LogP contribution < -0.4 is 0 Å². The lowest BCUT2D eigenvalue weighted by Gasteiger charge is -2.66. The molecule has 1 heterocycles. The zero-order chi connectivity index (χ0) is 23.5. The van der Waals surface area contributed by atoms with Crippen molar-refractivity contribution in [3.05, 3.63) is 42.9 Å². The molecule has 0 aromatic heterocycles. The molecular weight excluding hydrogens is 405 g/mol. The summed E-state index contributed by atoms with van der Waals surface area (Å²) in [4.78, 5) is 25.0. The van der Waals surface area contributed by atoms with E-state index in [0.717, 1.165) is 12.0 Å². The van der Waals surface area contributed by atoms with Crippen molar-refractivity contribution >= 4 is 18.9 Å². The molecule has 7 heteroatoms. The number of epoxide rings is 1. The van der Waals surface area contributed by atoms with Gasteiger partial charge in [0.15, 0.2) is 12.3 Å². The van der Waals surface area contributed by atoms with Crippen LogP contribution in [-0.2, 0) is 24.6 Å². The number of fused-ring (bicyclic) bond motifs is 2. The maximum Gasteiger partial charge on any atom is 0.559 e. The lowest BCUT2D eigenvalue weighted by atomic mass is 9.44. The van der Waals surface area contributed by atoms with E-state index in [4.69, 9.17) is 9.39 Å². The Kier molecular flexibility index (Phi) is 5.84.